The van der Waals surface area contributed by atoms with E-state index >= 15 is 0 Å². The van der Waals surface area contributed by atoms with Crippen LogP contribution in [0.25, 0.3) is 0 Å². The molecule has 1 aromatic carbocycles. The maximum atomic E-state index is 12.2. The molecule has 0 aliphatic carbocycles. The maximum absolute atomic E-state index is 12.2. The number of aromatic nitrogens is 4. The van der Waals surface area contributed by atoms with Gasteiger partial charge in [-0.2, -0.15) is 0 Å². The summed E-state index contributed by atoms with van der Waals surface area (Å²) in [6, 6.07) is 7.03. The zero-order valence-electron chi connectivity index (χ0n) is 13.2. The van der Waals surface area contributed by atoms with E-state index in [0.29, 0.717) is 20.2 Å². The average Bonchev–Trinajstić information content (AvgIpc) is 3.22. The van der Waals surface area contributed by atoms with Crippen LogP contribution in [0.3, 0.4) is 0 Å². The van der Waals surface area contributed by atoms with E-state index in [1.807, 2.05) is 13.0 Å². The van der Waals surface area contributed by atoms with E-state index in [2.05, 4.69) is 47.0 Å². The molecule has 0 saturated carbocycles. The Labute approximate surface area is 169 Å². The zero-order valence-corrected chi connectivity index (χ0v) is 17.3. The van der Waals surface area contributed by atoms with Gasteiger partial charge in [0.15, 0.2) is 4.34 Å². The second kappa shape index (κ2) is 8.66. The number of rotatable bonds is 6. The summed E-state index contributed by atoms with van der Waals surface area (Å²) in [7, 11) is 0. The third kappa shape index (κ3) is 5.30. The van der Waals surface area contributed by atoms with Crippen molar-refractivity contribution in [1.29, 1.82) is 0 Å². The fourth-order valence-corrected chi connectivity index (χ4v) is 4.30. The molecule has 0 saturated heterocycles. The van der Waals surface area contributed by atoms with Gasteiger partial charge >= 0.3 is 0 Å². The molecule has 0 unspecified atom stereocenters. The minimum absolute atomic E-state index is 0.160. The first-order chi connectivity index (χ1) is 12.5. The number of amides is 2. The van der Waals surface area contributed by atoms with Crippen molar-refractivity contribution in [2.24, 2.45) is 0 Å². The van der Waals surface area contributed by atoms with Crippen LogP contribution < -0.4 is 10.6 Å². The SMILES string of the molecule is Cc1nnc(NC(=O)CSc2nnc(NC(=O)c3cccc(Br)c3)s2)s1. The van der Waals surface area contributed by atoms with E-state index in [4.69, 9.17) is 0 Å². The number of thioether (sulfide) groups is 1. The van der Waals surface area contributed by atoms with Crippen molar-refractivity contribution in [2.45, 2.75) is 11.3 Å². The lowest BCUT2D eigenvalue weighted by Crippen LogP contribution is -2.13. The number of benzene rings is 1. The summed E-state index contributed by atoms with van der Waals surface area (Å²) in [5.74, 6) is -0.322. The molecule has 134 valence electrons. The Morgan fingerprint density at radius 3 is 2.62 bits per heavy atom. The van der Waals surface area contributed by atoms with E-state index in [1.54, 1.807) is 18.2 Å². The predicted molar refractivity (Wildman–Crippen MR) is 106 cm³/mol. The van der Waals surface area contributed by atoms with Gasteiger partial charge in [-0.05, 0) is 25.1 Å². The van der Waals surface area contributed by atoms with Crippen molar-refractivity contribution in [3.8, 4) is 0 Å². The van der Waals surface area contributed by atoms with Gasteiger partial charge in [0.25, 0.3) is 5.91 Å². The summed E-state index contributed by atoms with van der Waals surface area (Å²) in [6.07, 6.45) is 0. The number of carbonyl (C=O) groups excluding carboxylic acids is 2. The van der Waals surface area contributed by atoms with E-state index in [0.717, 1.165) is 9.48 Å². The molecule has 3 rings (SSSR count). The molecule has 0 aliphatic rings. The largest absolute Gasteiger partial charge is 0.300 e. The lowest BCUT2D eigenvalue weighted by Gasteiger charge is -2.01. The topological polar surface area (TPSA) is 110 Å². The standard InChI is InChI=1S/C14H11BrN6O2S3/c1-7-18-19-12(25-7)16-10(22)6-24-14-21-20-13(26-14)17-11(23)8-3-2-4-9(15)5-8/h2-5H,6H2,1H3,(H,16,19,22)(H,17,20,23). The molecule has 0 radical (unpaired) electrons. The van der Waals surface area contributed by atoms with E-state index in [9.17, 15) is 9.59 Å². The Kier molecular flexibility index (Phi) is 6.29. The van der Waals surface area contributed by atoms with Crippen LogP contribution in [0.2, 0.25) is 0 Å². The van der Waals surface area contributed by atoms with Gasteiger partial charge in [0.05, 0.1) is 5.75 Å². The van der Waals surface area contributed by atoms with Crippen molar-refractivity contribution in [2.75, 3.05) is 16.4 Å². The van der Waals surface area contributed by atoms with Crippen molar-refractivity contribution < 1.29 is 9.59 Å². The van der Waals surface area contributed by atoms with E-state index < -0.39 is 0 Å². The molecule has 2 aromatic heterocycles. The molecule has 0 atom stereocenters. The molecule has 0 bridgehead atoms. The minimum atomic E-state index is -0.275. The Bertz CT molecular complexity index is 944. The molecule has 0 aliphatic heterocycles. The Hall–Kier alpha value is -1.89. The average molecular weight is 471 g/mol. The third-order valence-corrected chi connectivity index (χ3v) is 6.03. The van der Waals surface area contributed by atoms with Crippen molar-refractivity contribution in [1.82, 2.24) is 20.4 Å². The van der Waals surface area contributed by atoms with Crippen LogP contribution in [0.4, 0.5) is 10.3 Å². The van der Waals surface area contributed by atoms with Gasteiger partial charge in [-0.25, -0.2) is 0 Å². The maximum Gasteiger partial charge on any atom is 0.257 e. The predicted octanol–water partition coefficient (Wildman–Crippen LogP) is 3.44. The summed E-state index contributed by atoms with van der Waals surface area (Å²) >= 11 is 7.07. The fourth-order valence-electron chi connectivity index (χ4n) is 1.75. The summed E-state index contributed by atoms with van der Waals surface area (Å²) in [4.78, 5) is 24.1. The van der Waals surface area contributed by atoms with Gasteiger partial charge in [0.1, 0.15) is 5.01 Å². The highest BCUT2D eigenvalue weighted by atomic mass is 79.9. The van der Waals surface area contributed by atoms with Crippen LogP contribution in [-0.2, 0) is 4.79 Å². The van der Waals surface area contributed by atoms with Crippen LogP contribution in [0.15, 0.2) is 33.1 Å². The quantitative estimate of drug-likeness (QED) is 0.419. The van der Waals surface area contributed by atoms with Crippen LogP contribution in [0.1, 0.15) is 15.4 Å². The lowest BCUT2D eigenvalue weighted by molar-refractivity contribution is -0.113. The molecule has 3 aromatic rings. The Morgan fingerprint density at radius 1 is 1.12 bits per heavy atom. The molecule has 2 amide bonds. The number of hydrogen-bond donors (Lipinski definition) is 2. The smallest absolute Gasteiger partial charge is 0.257 e. The van der Waals surface area contributed by atoms with Gasteiger partial charge in [0.2, 0.25) is 16.2 Å². The van der Waals surface area contributed by atoms with Crippen molar-refractivity contribution in [3.63, 3.8) is 0 Å². The second-order valence-electron chi connectivity index (χ2n) is 4.80. The number of halogens is 1. The summed E-state index contributed by atoms with van der Waals surface area (Å²) in [5, 5.41) is 22.5. The normalized spacial score (nSPS) is 10.5. The highest BCUT2D eigenvalue weighted by molar-refractivity contribution is 9.10. The van der Waals surface area contributed by atoms with Crippen molar-refractivity contribution in [3.05, 3.63) is 39.3 Å². The first-order valence-corrected chi connectivity index (χ1v) is 10.5. The van der Waals surface area contributed by atoms with Crippen LogP contribution >= 0.6 is 50.4 Å². The van der Waals surface area contributed by atoms with Crippen molar-refractivity contribution >= 4 is 72.4 Å². The lowest BCUT2D eigenvalue weighted by atomic mass is 10.2. The second-order valence-corrected chi connectivity index (χ2v) is 9.10. The van der Waals surface area contributed by atoms with Gasteiger partial charge in [0, 0.05) is 10.0 Å². The first-order valence-electron chi connectivity index (χ1n) is 7.13. The number of hydrogen-bond acceptors (Lipinski definition) is 9. The highest BCUT2D eigenvalue weighted by Gasteiger charge is 2.13. The van der Waals surface area contributed by atoms with E-state index in [-0.39, 0.29) is 17.6 Å². The number of aryl methyl sites for hydroxylation is 1. The molecule has 0 spiro atoms. The summed E-state index contributed by atoms with van der Waals surface area (Å²) in [6.45, 7) is 1.81. The van der Waals surface area contributed by atoms with Crippen LogP contribution in [0.5, 0.6) is 0 Å². The fraction of sp³-hybridized carbons (Fsp3) is 0.143. The molecular formula is C14H11BrN6O2S3. The number of carbonyl (C=O) groups is 2. The Morgan fingerprint density at radius 2 is 1.88 bits per heavy atom. The molecule has 8 nitrogen and oxygen atoms in total. The zero-order chi connectivity index (χ0) is 18.5. The molecule has 0 fully saturated rings. The van der Waals surface area contributed by atoms with E-state index in [1.165, 1.54) is 34.4 Å². The van der Waals surface area contributed by atoms with Gasteiger partial charge in [-0.15, -0.1) is 20.4 Å². The monoisotopic (exact) mass is 470 g/mol. The molecule has 2 heterocycles. The Balaban J connectivity index is 1.51. The van der Waals surface area contributed by atoms with Gasteiger partial charge < -0.3 is 0 Å². The molecule has 26 heavy (non-hydrogen) atoms. The summed E-state index contributed by atoms with van der Waals surface area (Å²) in [5.41, 5.74) is 0.510. The minimum Gasteiger partial charge on any atom is -0.300 e. The number of nitrogens with one attached hydrogen (secondary N) is 2. The summed E-state index contributed by atoms with van der Waals surface area (Å²) < 4.78 is 1.40. The molecule has 12 heteroatoms. The number of anilines is 2. The number of nitrogens with zero attached hydrogens (tertiary/aromatic N) is 4. The van der Waals surface area contributed by atoms with Gasteiger partial charge in [-0.3, -0.25) is 20.2 Å². The van der Waals surface area contributed by atoms with Gasteiger partial charge in [-0.1, -0.05) is 56.4 Å². The third-order valence-electron chi connectivity index (χ3n) is 2.81. The van der Waals surface area contributed by atoms with Crippen LogP contribution in [0, 0.1) is 6.92 Å². The molecule has 2 N–H and O–H groups in total. The highest BCUT2D eigenvalue weighted by Crippen LogP contribution is 2.26. The first kappa shape index (κ1) is 18.9. The van der Waals surface area contributed by atoms with Crippen LogP contribution in [-0.4, -0.2) is 38.0 Å². The molecular weight excluding hydrogens is 460 g/mol.